The van der Waals surface area contributed by atoms with Crippen molar-refractivity contribution in [1.82, 2.24) is 9.88 Å². The van der Waals surface area contributed by atoms with Gasteiger partial charge in [-0.1, -0.05) is 18.6 Å². The van der Waals surface area contributed by atoms with Gasteiger partial charge in [0.05, 0.1) is 7.11 Å². The summed E-state index contributed by atoms with van der Waals surface area (Å²) in [5, 5.41) is 0.965. The molecule has 0 atom stereocenters. The van der Waals surface area contributed by atoms with Crippen LogP contribution >= 0.6 is 11.3 Å². The standard InChI is InChI=1S/C22H24N2O3S/c1-26-22(25)20-19(18-6-5-11-23-21(18)28-20)16-7-9-17(10-8-16)27-15-14-24-12-3-2-4-13-24/h5-11H,2-4,12-15H2,1H3. The largest absolute Gasteiger partial charge is 0.492 e. The maximum absolute atomic E-state index is 12.3. The number of hydrogen-bond acceptors (Lipinski definition) is 6. The predicted molar refractivity (Wildman–Crippen MR) is 112 cm³/mol. The van der Waals surface area contributed by atoms with Gasteiger partial charge in [-0.15, -0.1) is 11.3 Å². The Balaban J connectivity index is 1.51. The van der Waals surface area contributed by atoms with E-state index in [1.165, 1.54) is 50.8 Å². The Hall–Kier alpha value is -2.44. The number of esters is 1. The molecule has 0 N–H and O–H groups in total. The number of ether oxygens (including phenoxy) is 2. The number of carbonyl (C=O) groups excluding carboxylic acids is 1. The van der Waals surface area contributed by atoms with Crippen molar-refractivity contribution in [2.75, 3.05) is 33.4 Å². The van der Waals surface area contributed by atoms with Crippen molar-refractivity contribution in [3.8, 4) is 16.9 Å². The molecule has 0 amide bonds. The minimum atomic E-state index is -0.333. The first-order valence-electron chi connectivity index (χ1n) is 9.67. The van der Waals surface area contributed by atoms with Crippen LogP contribution in [0.4, 0.5) is 0 Å². The number of piperidine rings is 1. The first-order chi connectivity index (χ1) is 13.8. The van der Waals surface area contributed by atoms with E-state index >= 15 is 0 Å². The monoisotopic (exact) mass is 396 g/mol. The lowest BCUT2D eigenvalue weighted by molar-refractivity contribution is 0.0607. The molecule has 0 saturated carbocycles. The molecule has 146 valence electrons. The first kappa shape index (κ1) is 18.9. The van der Waals surface area contributed by atoms with Gasteiger partial charge in [0.25, 0.3) is 0 Å². The summed E-state index contributed by atoms with van der Waals surface area (Å²) >= 11 is 1.36. The van der Waals surface area contributed by atoms with Crippen molar-refractivity contribution in [2.24, 2.45) is 0 Å². The first-order valence-corrected chi connectivity index (χ1v) is 10.5. The van der Waals surface area contributed by atoms with Gasteiger partial charge in [0.1, 0.15) is 22.1 Å². The zero-order chi connectivity index (χ0) is 19.3. The number of benzene rings is 1. The van der Waals surface area contributed by atoms with E-state index in [1.54, 1.807) is 6.20 Å². The summed E-state index contributed by atoms with van der Waals surface area (Å²) in [6.07, 6.45) is 5.67. The second-order valence-electron chi connectivity index (χ2n) is 6.93. The van der Waals surface area contributed by atoms with Crippen molar-refractivity contribution in [3.63, 3.8) is 0 Å². The fraction of sp³-hybridized carbons (Fsp3) is 0.364. The van der Waals surface area contributed by atoms with Gasteiger partial charge in [-0.2, -0.15) is 0 Å². The van der Waals surface area contributed by atoms with Gasteiger partial charge in [-0.3, -0.25) is 4.90 Å². The molecule has 28 heavy (non-hydrogen) atoms. The second-order valence-corrected chi connectivity index (χ2v) is 7.93. The Labute approximate surface area is 168 Å². The highest BCUT2D eigenvalue weighted by atomic mass is 32.1. The maximum Gasteiger partial charge on any atom is 0.348 e. The highest BCUT2D eigenvalue weighted by Gasteiger charge is 2.21. The number of likely N-dealkylation sites (tertiary alicyclic amines) is 1. The molecule has 3 aromatic rings. The molecule has 5 nitrogen and oxygen atoms in total. The lowest BCUT2D eigenvalue weighted by atomic mass is 10.0. The number of fused-ring (bicyclic) bond motifs is 1. The van der Waals surface area contributed by atoms with Crippen LogP contribution in [0.2, 0.25) is 0 Å². The van der Waals surface area contributed by atoms with E-state index in [4.69, 9.17) is 9.47 Å². The normalized spacial score (nSPS) is 14.9. The van der Waals surface area contributed by atoms with Crippen molar-refractivity contribution < 1.29 is 14.3 Å². The summed E-state index contributed by atoms with van der Waals surface area (Å²) in [6, 6.07) is 11.8. The third kappa shape index (κ3) is 4.03. The summed E-state index contributed by atoms with van der Waals surface area (Å²) in [5.74, 6) is 0.512. The number of rotatable bonds is 6. The van der Waals surface area contributed by atoms with E-state index in [-0.39, 0.29) is 5.97 Å². The number of aromatic nitrogens is 1. The Bertz CT molecular complexity index is 946. The molecule has 0 bridgehead atoms. The quantitative estimate of drug-likeness (QED) is 0.569. The predicted octanol–water partition coefficient (Wildman–Crippen LogP) is 4.61. The summed E-state index contributed by atoms with van der Waals surface area (Å²) < 4.78 is 10.9. The average molecular weight is 397 g/mol. The number of pyridine rings is 1. The molecule has 0 radical (unpaired) electrons. The van der Waals surface area contributed by atoms with E-state index in [0.29, 0.717) is 11.5 Å². The van der Waals surface area contributed by atoms with Crippen LogP contribution < -0.4 is 4.74 Å². The van der Waals surface area contributed by atoms with Crippen molar-refractivity contribution in [3.05, 3.63) is 47.5 Å². The minimum absolute atomic E-state index is 0.333. The second kappa shape index (κ2) is 8.71. The highest BCUT2D eigenvalue weighted by Crippen LogP contribution is 2.38. The average Bonchev–Trinajstić information content (AvgIpc) is 3.14. The molecule has 3 heterocycles. The van der Waals surface area contributed by atoms with Crippen molar-refractivity contribution >= 4 is 27.5 Å². The summed E-state index contributed by atoms with van der Waals surface area (Å²) in [4.78, 5) is 20.5. The zero-order valence-electron chi connectivity index (χ0n) is 16.0. The molecule has 1 aromatic carbocycles. The van der Waals surface area contributed by atoms with Crippen LogP contribution in [-0.4, -0.2) is 49.2 Å². The molecule has 1 aliphatic rings. The molecule has 1 saturated heterocycles. The van der Waals surface area contributed by atoms with Crippen LogP contribution in [0, 0.1) is 0 Å². The van der Waals surface area contributed by atoms with Gasteiger partial charge in [-0.25, -0.2) is 9.78 Å². The van der Waals surface area contributed by atoms with Crippen LogP contribution in [0.15, 0.2) is 42.6 Å². The number of carbonyl (C=O) groups is 1. The van der Waals surface area contributed by atoms with Crippen molar-refractivity contribution in [1.29, 1.82) is 0 Å². The van der Waals surface area contributed by atoms with Gasteiger partial charge in [0.2, 0.25) is 0 Å². The molecule has 0 aliphatic carbocycles. The van der Waals surface area contributed by atoms with Gasteiger partial charge >= 0.3 is 5.97 Å². The third-order valence-corrected chi connectivity index (χ3v) is 6.20. The van der Waals surface area contributed by atoms with Gasteiger partial charge in [0.15, 0.2) is 0 Å². The zero-order valence-corrected chi connectivity index (χ0v) is 16.8. The molecule has 0 spiro atoms. The Morgan fingerprint density at radius 3 is 2.68 bits per heavy atom. The fourth-order valence-corrected chi connectivity index (χ4v) is 4.73. The smallest absolute Gasteiger partial charge is 0.348 e. The van der Waals surface area contributed by atoms with E-state index in [9.17, 15) is 4.79 Å². The molecule has 6 heteroatoms. The van der Waals surface area contributed by atoms with Crippen LogP contribution in [0.1, 0.15) is 28.9 Å². The number of nitrogens with zero attached hydrogens (tertiary/aromatic N) is 2. The van der Waals surface area contributed by atoms with Crippen molar-refractivity contribution in [2.45, 2.75) is 19.3 Å². The maximum atomic E-state index is 12.3. The van der Waals surface area contributed by atoms with E-state index in [2.05, 4.69) is 9.88 Å². The number of thiophene rings is 1. The lowest BCUT2D eigenvalue weighted by Gasteiger charge is -2.26. The van der Waals surface area contributed by atoms with Gasteiger partial charge < -0.3 is 9.47 Å². The topological polar surface area (TPSA) is 51.7 Å². The molecule has 0 unspecified atom stereocenters. The fourth-order valence-electron chi connectivity index (χ4n) is 3.65. The van der Waals surface area contributed by atoms with Crippen LogP contribution in [-0.2, 0) is 4.74 Å². The van der Waals surface area contributed by atoms with Crippen LogP contribution in [0.3, 0.4) is 0 Å². The lowest BCUT2D eigenvalue weighted by Crippen LogP contribution is -2.33. The number of methoxy groups -OCH3 is 1. The van der Waals surface area contributed by atoms with E-state index in [1.807, 2.05) is 36.4 Å². The molecule has 2 aromatic heterocycles. The summed E-state index contributed by atoms with van der Waals surface area (Å²) in [5.41, 5.74) is 1.84. The Morgan fingerprint density at radius 1 is 1.14 bits per heavy atom. The molecular formula is C22H24N2O3S. The Morgan fingerprint density at radius 2 is 1.93 bits per heavy atom. The molecule has 1 aliphatic heterocycles. The van der Waals surface area contributed by atoms with E-state index < -0.39 is 0 Å². The number of hydrogen-bond donors (Lipinski definition) is 0. The van der Waals surface area contributed by atoms with Gasteiger partial charge in [0, 0.05) is 23.7 Å². The minimum Gasteiger partial charge on any atom is -0.492 e. The third-order valence-electron chi connectivity index (χ3n) is 5.11. The van der Waals surface area contributed by atoms with E-state index in [0.717, 1.165) is 33.6 Å². The van der Waals surface area contributed by atoms with Crippen LogP contribution in [0.25, 0.3) is 21.3 Å². The highest BCUT2D eigenvalue weighted by molar-refractivity contribution is 7.21. The molecular weight excluding hydrogens is 372 g/mol. The summed E-state index contributed by atoms with van der Waals surface area (Å²) in [6.45, 7) is 4.02. The summed E-state index contributed by atoms with van der Waals surface area (Å²) in [7, 11) is 1.41. The molecule has 1 fully saturated rings. The Kier molecular flexibility index (Phi) is 5.88. The molecule has 4 rings (SSSR count). The SMILES string of the molecule is COC(=O)c1sc2ncccc2c1-c1ccc(OCCN2CCCCC2)cc1. The van der Waals surface area contributed by atoms with Crippen LogP contribution in [0.5, 0.6) is 5.75 Å². The van der Waals surface area contributed by atoms with Gasteiger partial charge in [-0.05, 0) is 55.8 Å².